The van der Waals surface area contributed by atoms with Crippen LogP contribution in [0.5, 0.6) is 0 Å². The molecule has 2 atom stereocenters. The molecular formula is C13H24FNO. The second kappa shape index (κ2) is 5.46. The lowest BCUT2D eigenvalue weighted by atomic mass is 9.87. The summed E-state index contributed by atoms with van der Waals surface area (Å²) in [6, 6.07) is 0.213. The fourth-order valence-electron chi connectivity index (χ4n) is 3.16. The smallest absolute Gasteiger partial charge is 0.110 e. The third-order valence-electron chi connectivity index (χ3n) is 3.86. The maximum atomic E-state index is 14.4. The van der Waals surface area contributed by atoms with Crippen molar-refractivity contribution in [3.63, 3.8) is 0 Å². The minimum Gasteiger partial charge on any atom is -0.379 e. The molecule has 2 aliphatic rings. The average Bonchev–Trinajstić information content (AvgIpc) is 2.70. The van der Waals surface area contributed by atoms with Crippen molar-refractivity contribution in [2.45, 2.75) is 57.2 Å². The van der Waals surface area contributed by atoms with E-state index < -0.39 is 5.67 Å². The first-order valence-electron chi connectivity index (χ1n) is 6.66. The predicted molar refractivity (Wildman–Crippen MR) is 63.3 cm³/mol. The van der Waals surface area contributed by atoms with Crippen molar-refractivity contribution < 1.29 is 9.13 Å². The summed E-state index contributed by atoms with van der Waals surface area (Å²) in [4.78, 5) is 0. The molecule has 0 amide bonds. The maximum absolute atomic E-state index is 14.4. The minimum absolute atomic E-state index is 0.213. The highest BCUT2D eigenvalue weighted by atomic mass is 19.1. The fourth-order valence-corrected chi connectivity index (χ4v) is 3.16. The van der Waals surface area contributed by atoms with Gasteiger partial charge < -0.3 is 10.1 Å². The quantitative estimate of drug-likeness (QED) is 0.800. The second-order valence-corrected chi connectivity index (χ2v) is 5.70. The van der Waals surface area contributed by atoms with Crippen molar-refractivity contribution >= 4 is 0 Å². The molecule has 0 spiro atoms. The largest absolute Gasteiger partial charge is 0.379 e. The van der Waals surface area contributed by atoms with E-state index >= 15 is 0 Å². The molecule has 94 valence electrons. The predicted octanol–water partition coefficient (Wildman–Crippen LogP) is 2.67. The molecular weight excluding hydrogens is 205 g/mol. The van der Waals surface area contributed by atoms with E-state index in [2.05, 4.69) is 5.32 Å². The van der Waals surface area contributed by atoms with Crippen molar-refractivity contribution in [2.24, 2.45) is 5.92 Å². The van der Waals surface area contributed by atoms with Crippen molar-refractivity contribution in [3.05, 3.63) is 0 Å². The van der Waals surface area contributed by atoms with Crippen LogP contribution >= 0.6 is 0 Å². The van der Waals surface area contributed by atoms with E-state index in [1.807, 2.05) is 0 Å². The number of alkyl halides is 1. The first-order valence-corrected chi connectivity index (χ1v) is 6.66. The van der Waals surface area contributed by atoms with Crippen LogP contribution in [0.15, 0.2) is 0 Å². The summed E-state index contributed by atoms with van der Waals surface area (Å²) >= 11 is 0. The Bertz CT molecular complexity index is 208. The van der Waals surface area contributed by atoms with Gasteiger partial charge in [-0.3, -0.25) is 0 Å². The van der Waals surface area contributed by atoms with Gasteiger partial charge in [-0.1, -0.05) is 25.7 Å². The van der Waals surface area contributed by atoms with Crippen LogP contribution in [0.1, 0.15) is 45.4 Å². The van der Waals surface area contributed by atoms with Gasteiger partial charge in [0.2, 0.25) is 0 Å². The molecule has 0 radical (unpaired) electrons. The van der Waals surface area contributed by atoms with Crippen molar-refractivity contribution in [1.82, 2.24) is 5.32 Å². The molecule has 1 saturated carbocycles. The van der Waals surface area contributed by atoms with Crippen LogP contribution in [-0.4, -0.2) is 31.5 Å². The molecule has 2 fully saturated rings. The van der Waals surface area contributed by atoms with E-state index in [4.69, 9.17) is 4.74 Å². The van der Waals surface area contributed by atoms with E-state index in [-0.39, 0.29) is 6.04 Å². The van der Waals surface area contributed by atoms with E-state index in [1.165, 1.54) is 25.7 Å². The third kappa shape index (κ3) is 3.70. The molecule has 1 N–H and O–H groups in total. The molecule has 2 rings (SSSR count). The summed E-state index contributed by atoms with van der Waals surface area (Å²) in [5, 5.41) is 3.34. The lowest BCUT2D eigenvalue weighted by Crippen LogP contribution is -2.45. The van der Waals surface area contributed by atoms with Crippen molar-refractivity contribution in [3.8, 4) is 0 Å². The standard InChI is InChI=1S/C13H24FNO/c1-13(14,8-11-4-2-3-5-11)9-12-10-16-7-6-15-12/h11-12,15H,2-10H2,1H3. The molecule has 3 heteroatoms. The van der Waals surface area contributed by atoms with Gasteiger partial charge >= 0.3 is 0 Å². The Balaban J connectivity index is 1.76. The monoisotopic (exact) mass is 229 g/mol. The van der Waals surface area contributed by atoms with Gasteiger partial charge in [0.05, 0.1) is 13.2 Å². The van der Waals surface area contributed by atoms with Crippen molar-refractivity contribution in [2.75, 3.05) is 19.8 Å². The Labute approximate surface area is 97.9 Å². The zero-order valence-corrected chi connectivity index (χ0v) is 10.3. The SMILES string of the molecule is CC(F)(CC1CCCC1)CC1COCCN1. The minimum atomic E-state index is -1.02. The molecule has 1 heterocycles. The highest BCUT2D eigenvalue weighted by Gasteiger charge is 2.32. The van der Waals surface area contributed by atoms with Gasteiger partial charge in [-0.15, -0.1) is 0 Å². The number of hydrogen-bond acceptors (Lipinski definition) is 2. The lowest BCUT2D eigenvalue weighted by Gasteiger charge is -2.31. The van der Waals surface area contributed by atoms with Gasteiger partial charge in [0.1, 0.15) is 5.67 Å². The van der Waals surface area contributed by atoms with E-state index in [9.17, 15) is 4.39 Å². The zero-order valence-electron chi connectivity index (χ0n) is 10.3. The summed E-state index contributed by atoms with van der Waals surface area (Å²) in [6.45, 7) is 4.07. The number of ether oxygens (including phenoxy) is 1. The summed E-state index contributed by atoms with van der Waals surface area (Å²) in [6.07, 6.45) is 6.40. The van der Waals surface area contributed by atoms with E-state index in [0.29, 0.717) is 18.9 Å². The topological polar surface area (TPSA) is 21.3 Å². The van der Waals surface area contributed by atoms with E-state index in [1.54, 1.807) is 6.92 Å². The summed E-state index contributed by atoms with van der Waals surface area (Å²) in [5.74, 6) is 0.625. The molecule has 2 unspecified atom stereocenters. The fraction of sp³-hybridized carbons (Fsp3) is 1.00. The van der Waals surface area contributed by atoms with Crippen LogP contribution < -0.4 is 5.32 Å². The molecule has 0 bridgehead atoms. The Morgan fingerprint density at radius 1 is 1.31 bits per heavy atom. The first-order chi connectivity index (χ1) is 7.66. The highest BCUT2D eigenvalue weighted by molar-refractivity contribution is 4.85. The average molecular weight is 229 g/mol. The number of morpholine rings is 1. The van der Waals surface area contributed by atoms with Crippen LogP contribution in [0.3, 0.4) is 0 Å². The second-order valence-electron chi connectivity index (χ2n) is 5.70. The summed E-state index contributed by atoms with van der Waals surface area (Å²) in [5.41, 5.74) is -1.02. The van der Waals surface area contributed by atoms with Crippen LogP contribution in [0.4, 0.5) is 4.39 Å². The van der Waals surface area contributed by atoms with Crippen LogP contribution in [0.2, 0.25) is 0 Å². The summed E-state index contributed by atoms with van der Waals surface area (Å²) < 4.78 is 19.8. The molecule has 1 aliphatic heterocycles. The number of rotatable bonds is 4. The van der Waals surface area contributed by atoms with Gasteiger partial charge in [-0.2, -0.15) is 0 Å². The molecule has 1 aliphatic carbocycles. The van der Waals surface area contributed by atoms with Crippen LogP contribution in [-0.2, 0) is 4.74 Å². The molecule has 0 aromatic rings. The van der Waals surface area contributed by atoms with Crippen LogP contribution in [0, 0.1) is 5.92 Å². The van der Waals surface area contributed by atoms with E-state index in [0.717, 1.165) is 19.6 Å². The first kappa shape index (κ1) is 12.3. The Hall–Kier alpha value is -0.150. The number of halogens is 1. The normalized spacial score (nSPS) is 31.5. The number of nitrogens with one attached hydrogen (secondary N) is 1. The zero-order chi connectivity index (χ0) is 11.4. The van der Waals surface area contributed by atoms with Crippen molar-refractivity contribution in [1.29, 1.82) is 0 Å². The third-order valence-corrected chi connectivity index (χ3v) is 3.86. The Morgan fingerprint density at radius 2 is 2.06 bits per heavy atom. The summed E-state index contributed by atoms with van der Waals surface area (Å²) in [7, 11) is 0. The van der Waals surface area contributed by atoms with Gasteiger partial charge in [0.25, 0.3) is 0 Å². The van der Waals surface area contributed by atoms with Gasteiger partial charge in [-0.05, 0) is 25.7 Å². The molecule has 2 nitrogen and oxygen atoms in total. The van der Waals surface area contributed by atoms with Gasteiger partial charge in [0.15, 0.2) is 0 Å². The molecule has 1 saturated heterocycles. The highest BCUT2D eigenvalue weighted by Crippen LogP contribution is 2.35. The van der Waals surface area contributed by atoms with Gasteiger partial charge in [-0.25, -0.2) is 4.39 Å². The maximum Gasteiger partial charge on any atom is 0.110 e. The Morgan fingerprint density at radius 3 is 2.69 bits per heavy atom. The molecule has 16 heavy (non-hydrogen) atoms. The molecule has 0 aromatic carbocycles. The number of hydrogen-bond donors (Lipinski definition) is 1. The lowest BCUT2D eigenvalue weighted by molar-refractivity contribution is 0.0408. The Kier molecular flexibility index (Phi) is 4.20. The van der Waals surface area contributed by atoms with Gasteiger partial charge in [0, 0.05) is 12.6 Å². The van der Waals surface area contributed by atoms with Crippen LogP contribution in [0.25, 0.3) is 0 Å². The molecule has 0 aromatic heterocycles.